The molecule has 0 amide bonds. The second-order valence-corrected chi connectivity index (χ2v) is 5.48. The van der Waals surface area contributed by atoms with Gasteiger partial charge in [-0.1, -0.05) is 13.8 Å². The van der Waals surface area contributed by atoms with E-state index in [0.717, 1.165) is 30.8 Å². The van der Waals surface area contributed by atoms with Crippen molar-refractivity contribution in [2.75, 3.05) is 24.2 Å². The Balaban J connectivity index is 2.54. The van der Waals surface area contributed by atoms with Crippen molar-refractivity contribution in [3.05, 3.63) is 23.8 Å². The first-order chi connectivity index (χ1) is 7.93. The largest absolute Gasteiger partial charge is 0.399 e. The van der Waals surface area contributed by atoms with Gasteiger partial charge in [-0.2, -0.15) is 0 Å². The third-order valence-electron chi connectivity index (χ3n) is 2.88. The number of rotatable bonds is 6. The van der Waals surface area contributed by atoms with Crippen molar-refractivity contribution in [3.8, 4) is 0 Å². The highest BCUT2D eigenvalue weighted by Gasteiger charge is 2.16. The van der Waals surface area contributed by atoms with E-state index in [1.54, 1.807) is 0 Å². The molecule has 0 saturated heterocycles. The van der Waals surface area contributed by atoms with Crippen LogP contribution in [0, 0.1) is 12.3 Å². The van der Waals surface area contributed by atoms with Crippen molar-refractivity contribution in [2.24, 2.45) is 5.41 Å². The van der Waals surface area contributed by atoms with Gasteiger partial charge in [-0.3, -0.25) is 0 Å². The van der Waals surface area contributed by atoms with Crippen LogP contribution in [0.1, 0.15) is 32.3 Å². The molecule has 0 aliphatic rings. The fraction of sp³-hybridized carbons (Fsp3) is 0.571. The van der Waals surface area contributed by atoms with E-state index in [9.17, 15) is 0 Å². The minimum absolute atomic E-state index is 0.182. The summed E-state index contributed by atoms with van der Waals surface area (Å²) in [7, 11) is 0. The molecule has 1 aromatic carbocycles. The number of hydrogen-bond donors (Lipinski definition) is 3. The second kappa shape index (κ2) is 5.92. The minimum Gasteiger partial charge on any atom is -0.399 e. The SMILES string of the molecule is Cc1cc(N)cc(NCC(C)(C)CCCO)c1. The van der Waals surface area contributed by atoms with Gasteiger partial charge < -0.3 is 16.2 Å². The lowest BCUT2D eigenvalue weighted by atomic mass is 9.88. The normalized spacial score (nSPS) is 11.5. The van der Waals surface area contributed by atoms with Crippen LogP contribution in [0.15, 0.2) is 18.2 Å². The lowest BCUT2D eigenvalue weighted by Gasteiger charge is -2.25. The van der Waals surface area contributed by atoms with Gasteiger partial charge in [-0.25, -0.2) is 0 Å². The molecule has 3 nitrogen and oxygen atoms in total. The smallest absolute Gasteiger partial charge is 0.0431 e. The van der Waals surface area contributed by atoms with Crippen molar-refractivity contribution in [3.63, 3.8) is 0 Å². The lowest BCUT2D eigenvalue weighted by molar-refractivity contribution is 0.248. The van der Waals surface area contributed by atoms with Crippen molar-refractivity contribution in [1.29, 1.82) is 0 Å². The van der Waals surface area contributed by atoms with Crippen LogP contribution in [0.25, 0.3) is 0 Å². The Kier molecular flexibility index (Phi) is 4.82. The summed E-state index contributed by atoms with van der Waals surface area (Å²) in [5, 5.41) is 12.3. The van der Waals surface area contributed by atoms with Crippen LogP contribution in [-0.2, 0) is 0 Å². The average molecular weight is 236 g/mol. The molecule has 0 heterocycles. The van der Waals surface area contributed by atoms with E-state index in [-0.39, 0.29) is 12.0 Å². The van der Waals surface area contributed by atoms with Crippen molar-refractivity contribution < 1.29 is 5.11 Å². The van der Waals surface area contributed by atoms with Crippen LogP contribution >= 0.6 is 0 Å². The molecule has 0 spiro atoms. The molecule has 1 rings (SSSR count). The Bertz CT molecular complexity index is 341. The van der Waals surface area contributed by atoms with Gasteiger partial charge in [0.25, 0.3) is 0 Å². The van der Waals surface area contributed by atoms with Crippen LogP contribution in [0.4, 0.5) is 11.4 Å². The summed E-state index contributed by atoms with van der Waals surface area (Å²) in [6, 6.07) is 6.01. The van der Waals surface area contributed by atoms with Gasteiger partial charge >= 0.3 is 0 Å². The summed E-state index contributed by atoms with van der Waals surface area (Å²) in [5.41, 5.74) is 9.02. The highest BCUT2D eigenvalue weighted by molar-refractivity contribution is 5.56. The van der Waals surface area contributed by atoms with Crippen molar-refractivity contribution >= 4 is 11.4 Å². The highest BCUT2D eigenvalue weighted by Crippen LogP contribution is 2.24. The molecule has 3 heteroatoms. The summed E-state index contributed by atoms with van der Waals surface area (Å²) in [6.07, 6.45) is 1.86. The summed E-state index contributed by atoms with van der Waals surface area (Å²) in [4.78, 5) is 0. The summed E-state index contributed by atoms with van der Waals surface area (Å²) in [6.45, 7) is 7.60. The maximum atomic E-state index is 8.85. The Morgan fingerprint density at radius 2 is 2.00 bits per heavy atom. The van der Waals surface area contributed by atoms with Crippen LogP contribution in [0.3, 0.4) is 0 Å². The molecule has 0 bridgehead atoms. The molecule has 4 N–H and O–H groups in total. The van der Waals surface area contributed by atoms with Gasteiger partial charge in [-0.05, 0) is 48.9 Å². The zero-order valence-electron chi connectivity index (χ0n) is 11.1. The molecule has 0 radical (unpaired) electrons. The van der Waals surface area contributed by atoms with Crippen LogP contribution < -0.4 is 11.1 Å². The molecule has 17 heavy (non-hydrogen) atoms. The first-order valence-corrected chi connectivity index (χ1v) is 6.15. The molecule has 0 atom stereocenters. The molecule has 0 saturated carbocycles. The number of nitrogens with one attached hydrogen (secondary N) is 1. The molecule has 0 aromatic heterocycles. The quantitative estimate of drug-likeness (QED) is 0.666. The Hall–Kier alpha value is -1.22. The third kappa shape index (κ3) is 5.09. The molecular formula is C14H24N2O. The standard InChI is InChI=1S/C14H24N2O/c1-11-7-12(15)9-13(8-11)16-10-14(2,3)5-4-6-17/h7-9,16-17H,4-6,10,15H2,1-3H3. The number of aryl methyl sites for hydroxylation is 1. The number of aliphatic hydroxyl groups excluding tert-OH is 1. The summed E-state index contributed by atoms with van der Waals surface area (Å²) < 4.78 is 0. The lowest BCUT2D eigenvalue weighted by Crippen LogP contribution is -2.23. The molecule has 0 aliphatic heterocycles. The highest BCUT2D eigenvalue weighted by atomic mass is 16.2. The van der Waals surface area contributed by atoms with Gasteiger partial charge in [0.15, 0.2) is 0 Å². The first-order valence-electron chi connectivity index (χ1n) is 6.15. The van der Waals surface area contributed by atoms with Gasteiger partial charge in [-0.15, -0.1) is 0 Å². The predicted molar refractivity (Wildman–Crippen MR) is 74.2 cm³/mol. The van der Waals surface area contributed by atoms with E-state index in [1.807, 2.05) is 19.1 Å². The van der Waals surface area contributed by atoms with Crippen LogP contribution in [0.2, 0.25) is 0 Å². The first kappa shape index (κ1) is 13.8. The monoisotopic (exact) mass is 236 g/mol. The summed E-state index contributed by atoms with van der Waals surface area (Å²) in [5.74, 6) is 0. The predicted octanol–water partition coefficient (Wildman–Crippen LogP) is 2.79. The van der Waals surface area contributed by atoms with E-state index in [2.05, 4.69) is 25.2 Å². The molecule has 1 aromatic rings. The van der Waals surface area contributed by atoms with Crippen molar-refractivity contribution in [2.45, 2.75) is 33.6 Å². The second-order valence-electron chi connectivity index (χ2n) is 5.48. The fourth-order valence-electron chi connectivity index (χ4n) is 1.90. The molecule has 96 valence electrons. The zero-order chi connectivity index (χ0) is 12.9. The summed E-state index contributed by atoms with van der Waals surface area (Å²) >= 11 is 0. The number of aliphatic hydroxyl groups is 1. The fourth-order valence-corrected chi connectivity index (χ4v) is 1.90. The zero-order valence-corrected chi connectivity index (χ0v) is 11.1. The molecule has 0 aliphatic carbocycles. The number of hydrogen-bond acceptors (Lipinski definition) is 3. The van der Waals surface area contributed by atoms with Crippen LogP contribution in [0.5, 0.6) is 0 Å². The average Bonchev–Trinajstić information content (AvgIpc) is 2.23. The topological polar surface area (TPSA) is 58.3 Å². The molecule has 0 unspecified atom stereocenters. The molecular weight excluding hydrogens is 212 g/mol. The third-order valence-corrected chi connectivity index (χ3v) is 2.88. The number of anilines is 2. The number of benzene rings is 1. The van der Waals surface area contributed by atoms with E-state index >= 15 is 0 Å². The van der Waals surface area contributed by atoms with Gasteiger partial charge in [0, 0.05) is 24.5 Å². The van der Waals surface area contributed by atoms with Crippen LogP contribution in [-0.4, -0.2) is 18.3 Å². The van der Waals surface area contributed by atoms with Gasteiger partial charge in [0.2, 0.25) is 0 Å². The Morgan fingerprint density at radius 3 is 2.59 bits per heavy atom. The van der Waals surface area contributed by atoms with E-state index in [4.69, 9.17) is 10.8 Å². The maximum absolute atomic E-state index is 8.85. The van der Waals surface area contributed by atoms with Gasteiger partial charge in [0.05, 0.1) is 0 Å². The number of nitrogen functional groups attached to an aromatic ring is 1. The maximum Gasteiger partial charge on any atom is 0.0431 e. The number of nitrogens with two attached hydrogens (primary N) is 1. The molecule has 0 fully saturated rings. The van der Waals surface area contributed by atoms with E-state index in [1.165, 1.54) is 5.56 Å². The Labute approximate surface area is 104 Å². The van der Waals surface area contributed by atoms with Crippen molar-refractivity contribution in [1.82, 2.24) is 0 Å². The van der Waals surface area contributed by atoms with E-state index < -0.39 is 0 Å². The minimum atomic E-state index is 0.182. The Morgan fingerprint density at radius 1 is 1.29 bits per heavy atom. The van der Waals surface area contributed by atoms with E-state index in [0.29, 0.717) is 0 Å². The van der Waals surface area contributed by atoms with Gasteiger partial charge in [0.1, 0.15) is 0 Å².